The molecule has 0 fully saturated rings. The van der Waals surface area contributed by atoms with Crippen LogP contribution in [0.3, 0.4) is 0 Å². The zero-order chi connectivity index (χ0) is 16.2. The summed E-state index contributed by atoms with van der Waals surface area (Å²) in [6.07, 6.45) is 0.360. The van der Waals surface area contributed by atoms with Gasteiger partial charge >= 0.3 is 5.97 Å². The first kappa shape index (κ1) is 17.0. The summed E-state index contributed by atoms with van der Waals surface area (Å²) < 4.78 is 7.16. The molecule has 0 atom stereocenters. The summed E-state index contributed by atoms with van der Waals surface area (Å²) in [6.45, 7) is 7.12. The first-order valence-electron chi connectivity index (χ1n) is 6.78. The summed E-state index contributed by atoms with van der Waals surface area (Å²) in [5.41, 5.74) is 0.729. The first-order valence-corrected chi connectivity index (χ1v) is 6.78. The molecule has 7 nitrogen and oxygen atoms in total. The third-order valence-electron chi connectivity index (χ3n) is 3.44. The number of carbonyl (C=O) groups is 2. The fourth-order valence-electron chi connectivity index (χ4n) is 1.77. The average molecular weight is 297 g/mol. The Morgan fingerprint density at radius 3 is 2.48 bits per heavy atom. The smallest absolute Gasteiger partial charge is 0.309 e. The van der Waals surface area contributed by atoms with Crippen LogP contribution in [0.5, 0.6) is 5.75 Å². The first-order chi connectivity index (χ1) is 9.65. The Bertz CT molecular complexity index is 535. The van der Waals surface area contributed by atoms with Gasteiger partial charge in [-0.15, -0.1) is 0 Å². The molecule has 0 radical (unpaired) electrons. The van der Waals surface area contributed by atoms with E-state index in [1.807, 2.05) is 20.9 Å². The van der Waals surface area contributed by atoms with Crippen molar-refractivity contribution in [3.63, 3.8) is 0 Å². The molecule has 21 heavy (non-hydrogen) atoms. The molecule has 7 heteroatoms. The number of aliphatic carboxylic acids is 1. The number of hydrogen-bond acceptors (Lipinski definition) is 4. The van der Waals surface area contributed by atoms with Crippen molar-refractivity contribution in [2.24, 2.45) is 12.5 Å². The van der Waals surface area contributed by atoms with E-state index in [4.69, 9.17) is 9.84 Å². The number of ether oxygens (including phenoxy) is 1. The van der Waals surface area contributed by atoms with E-state index in [1.54, 1.807) is 18.5 Å². The van der Waals surface area contributed by atoms with Gasteiger partial charge in [-0.05, 0) is 34.1 Å². The summed E-state index contributed by atoms with van der Waals surface area (Å²) >= 11 is 0. The van der Waals surface area contributed by atoms with E-state index in [0.717, 1.165) is 11.4 Å². The van der Waals surface area contributed by atoms with E-state index in [-0.39, 0.29) is 12.5 Å². The van der Waals surface area contributed by atoms with Crippen LogP contribution in [0.1, 0.15) is 31.7 Å². The minimum atomic E-state index is -0.880. The Labute approximate surface area is 124 Å². The number of carbonyl (C=O) groups excluding carboxylic acids is 1. The highest BCUT2D eigenvalue weighted by molar-refractivity contribution is 5.78. The molecule has 1 heterocycles. The van der Waals surface area contributed by atoms with Crippen molar-refractivity contribution in [3.05, 3.63) is 11.4 Å². The van der Waals surface area contributed by atoms with Crippen LogP contribution in [0, 0.1) is 19.3 Å². The Morgan fingerprint density at radius 2 is 2.00 bits per heavy atom. The molecule has 0 aliphatic carbocycles. The maximum absolute atomic E-state index is 11.7. The number of aryl methyl sites for hydroxylation is 2. The van der Waals surface area contributed by atoms with Gasteiger partial charge in [0, 0.05) is 13.6 Å². The minimum Gasteiger partial charge on any atom is -0.481 e. The Kier molecular flexibility index (Phi) is 5.34. The van der Waals surface area contributed by atoms with Gasteiger partial charge in [0.2, 0.25) is 0 Å². The number of amides is 1. The summed E-state index contributed by atoms with van der Waals surface area (Å²) in [5.74, 6) is -0.549. The molecule has 0 aromatic carbocycles. The molecule has 0 aliphatic heterocycles. The maximum Gasteiger partial charge on any atom is 0.309 e. The molecule has 2 N–H and O–H groups in total. The molecule has 0 bridgehead atoms. The van der Waals surface area contributed by atoms with Gasteiger partial charge in [-0.1, -0.05) is 0 Å². The van der Waals surface area contributed by atoms with Crippen molar-refractivity contribution in [1.29, 1.82) is 0 Å². The summed E-state index contributed by atoms with van der Waals surface area (Å²) in [6, 6.07) is 0. The molecule has 0 saturated heterocycles. The topological polar surface area (TPSA) is 93.5 Å². The van der Waals surface area contributed by atoms with E-state index >= 15 is 0 Å². The van der Waals surface area contributed by atoms with Crippen molar-refractivity contribution in [1.82, 2.24) is 15.1 Å². The van der Waals surface area contributed by atoms with Gasteiger partial charge in [0.05, 0.1) is 11.1 Å². The minimum absolute atomic E-state index is 0.110. The van der Waals surface area contributed by atoms with Crippen LogP contribution in [0.15, 0.2) is 0 Å². The Balaban J connectivity index is 2.40. The van der Waals surface area contributed by atoms with Gasteiger partial charge in [-0.3, -0.25) is 14.3 Å². The van der Waals surface area contributed by atoms with Crippen LogP contribution < -0.4 is 10.1 Å². The maximum atomic E-state index is 11.7. The van der Waals surface area contributed by atoms with Crippen LogP contribution in [0.25, 0.3) is 0 Å². The molecule has 0 unspecified atom stereocenters. The average Bonchev–Trinajstić information content (AvgIpc) is 2.61. The lowest BCUT2D eigenvalue weighted by atomic mass is 9.90. The van der Waals surface area contributed by atoms with E-state index < -0.39 is 11.4 Å². The van der Waals surface area contributed by atoms with Crippen molar-refractivity contribution in [2.45, 2.75) is 34.1 Å². The molecular formula is C14H23N3O4. The molecule has 1 aromatic rings. The molecule has 118 valence electrons. The lowest BCUT2D eigenvalue weighted by Gasteiger charge is -2.18. The summed E-state index contributed by atoms with van der Waals surface area (Å²) in [4.78, 5) is 22.6. The number of nitrogens with zero attached hydrogens (tertiary/aromatic N) is 2. The number of carboxylic acid groups (broad SMARTS) is 1. The predicted octanol–water partition coefficient (Wildman–Crippen LogP) is 1.03. The molecule has 1 rings (SSSR count). The van der Waals surface area contributed by atoms with Crippen LogP contribution in [0.4, 0.5) is 0 Å². The van der Waals surface area contributed by atoms with Crippen molar-refractivity contribution in [3.8, 4) is 5.75 Å². The quantitative estimate of drug-likeness (QED) is 0.784. The molecule has 0 spiro atoms. The number of hydrogen-bond donors (Lipinski definition) is 2. The van der Waals surface area contributed by atoms with Crippen LogP contribution in [0.2, 0.25) is 0 Å². The van der Waals surface area contributed by atoms with Crippen molar-refractivity contribution >= 4 is 11.9 Å². The standard InChI is InChI=1S/C14H23N3O4/c1-9-12(10(2)17(5)16-9)21-8-11(18)15-7-6-14(3,4)13(19)20/h6-8H2,1-5H3,(H,15,18)(H,19,20). The van der Waals surface area contributed by atoms with E-state index in [2.05, 4.69) is 10.4 Å². The zero-order valence-corrected chi connectivity index (χ0v) is 13.2. The molecule has 0 aliphatic rings. The lowest BCUT2D eigenvalue weighted by Crippen LogP contribution is -2.34. The second-order valence-electron chi connectivity index (χ2n) is 5.70. The van der Waals surface area contributed by atoms with Crippen molar-refractivity contribution < 1.29 is 19.4 Å². The lowest BCUT2D eigenvalue weighted by molar-refractivity contribution is -0.147. The monoisotopic (exact) mass is 297 g/mol. The van der Waals surface area contributed by atoms with Crippen molar-refractivity contribution in [2.75, 3.05) is 13.2 Å². The number of rotatable bonds is 7. The second kappa shape index (κ2) is 6.60. The largest absolute Gasteiger partial charge is 0.481 e. The third kappa shape index (κ3) is 4.47. The van der Waals surface area contributed by atoms with Crippen LogP contribution in [-0.2, 0) is 16.6 Å². The highest BCUT2D eigenvalue weighted by Gasteiger charge is 2.26. The SMILES string of the molecule is Cc1nn(C)c(C)c1OCC(=O)NCCC(C)(C)C(=O)O. The summed E-state index contributed by atoms with van der Waals surface area (Å²) in [7, 11) is 1.81. The van der Waals surface area contributed by atoms with Gasteiger partial charge in [0.15, 0.2) is 12.4 Å². The van der Waals surface area contributed by atoms with Gasteiger partial charge in [-0.2, -0.15) is 5.10 Å². The Morgan fingerprint density at radius 1 is 1.38 bits per heavy atom. The molecular weight excluding hydrogens is 274 g/mol. The van der Waals surface area contributed by atoms with Gasteiger partial charge in [-0.25, -0.2) is 0 Å². The third-order valence-corrected chi connectivity index (χ3v) is 3.44. The van der Waals surface area contributed by atoms with E-state index in [0.29, 0.717) is 18.7 Å². The molecule has 1 aromatic heterocycles. The van der Waals surface area contributed by atoms with Crippen LogP contribution in [-0.4, -0.2) is 39.9 Å². The highest BCUT2D eigenvalue weighted by Crippen LogP contribution is 2.21. The molecule has 1 amide bonds. The number of nitrogens with one attached hydrogen (secondary N) is 1. The number of aromatic nitrogens is 2. The van der Waals surface area contributed by atoms with Crippen LogP contribution >= 0.6 is 0 Å². The zero-order valence-electron chi connectivity index (χ0n) is 13.2. The fourth-order valence-corrected chi connectivity index (χ4v) is 1.77. The van der Waals surface area contributed by atoms with E-state index in [9.17, 15) is 9.59 Å². The summed E-state index contributed by atoms with van der Waals surface area (Å²) in [5, 5.41) is 15.8. The predicted molar refractivity (Wildman–Crippen MR) is 77.2 cm³/mol. The molecule has 0 saturated carbocycles. The van der Waals surface area contributed by atoms with Gasteiger partial charge in [0.25, 0.3) is 5.91 Å². The Hall–Kier alpha value is -2.05. The van der Waals surface area contributed by atoms with Gasteiger partial charge < -0.3 is 15.2 Å². The second-order valence-corrected chi connectivity index (χ2v) is 5.70. The number of carboxylic acids is 1. The van der Waals surface area contributed by atoms with Gasteiger partial charge in [0.1, 0.15) is 5.69 Å². The normalized spacial score (nSPS) is 11.3. The highest BCUT2D eigenvalue weighted by atomic mass is 16.5. The van der Waals surface area contributed by atoms with E-state index in [1.165, 1.54) is 0 Å². The fraction of sp³-hybridized carbons (Fsp3) is 0.643.